The van der Waals surface area contributed by atoms with Gasteiger partial charge in [-0.2, -0.15) is 0 Å². The number of hydrogen-bond donors (Lipinski definition) is 1. The van der Waals surface area contributed by atoms with Crippen molar-refractivity contribution in [3.63, 3.8) is 0 Å². The lowest BCUT2D eigenvalue weighted by atomic mass is 9.59. The lowest BCUT2D eigenvalue weighted by Gasteiger charge is -2.55. The Labute approximate surface area is 197 Å². The van der Waals surface area contributed by atoms with Crippen LogP contribution >= 0.6 is 0 Å². The maximum Gasteiger partial charge on any atom is 0.251 e. The fourth-order valence-corrected chi connectivity index (χ4v) is 6.34. The minimum absolute atomic E-state index is 0.0236. The lowest BCUT2D eigenvalue weighted by Crippen LogP contribution is -2.58. The van der Waals surface area contributed by atoms with Crippen molar-refractivity contribution in [1.29, 1.82) is 0 Å². The molecule has 2 aliphatic carbocycles. The first kappa shape index (κ1) is 20.9. The Kier molecular flexibility index (Phi) is 5.06. The molecule has 2 bridgehead atoms. The molecule has 3 aromatic rings. The summed E-state index contributed by atoms with van der Waals surface area (Å²) in [6.45, 7) is 7.91. The van der Waals surface area contributed by atoms with Gasteiger partial charge in [0.15, 0.2) is 0 Å². The fraction of sp³-hybridized carbons (Fsp3) is 0.433. The van der Waals surface area contributed by atoms with E-state index in [1.165, 1.54) is 54.3 Å². The van der Waals surface area contributed by atoms with Gasteiger partial charge in [0.25, 0.3) is 5.91 Å². The average molecular weight is 439 g/mol. The Morgan fingerprint density at radius 3 is 2.70 bits per heavy atom. The molecule has 3 aliphatic rings. The van der Waals surface area contributed by atoms with Gasteiger partial charge in [0.1, 0.15) is 0 Å². The number of benzene rings is 3. The topological polar surface area (TPSA) is 32.3 Å². The molecule has 1 N–H and O–H groups in total. The third kappa shape index (κ3) is 3.77. The molecular formula is C30H34N2O. The van der Waals surface area contributed by atoms with Crippen LogP contribution in [-0.4, -0.2) is 29.9 Å². The minimum atomic E-state index is 0.0236. The Morgan fingerprint density at radius 2 is 1.88 bits per heavy atom. The third-order valence-corrected chi connectivity index (χ3v) is 8.84. The second-order valence-electron chi connectivity index (χ2n) is 10.9. The maximum absolute atomic E-state index is 13.1. The molecule has 1 amide bonds. The summed E-state index contributed by atoms with van der Waals surface area (Å²) in [7, 11) is 0. The summed E-state index contributed by atoms with van der Waals surface area (Å²) in [6.07, 6.45) is 5.15. The van der Waals surface area contributed by atoms with Crippen molar-refractivity contribution in [2.24, 2.45) is 11.8 Å². The van der Waals surface area contributed by atoms with E-state index in [0.717, 1.165) is 23.5 Å². The van der Waals surface area contributed by atoms with Crippen LogP contribution in [0.4, 0.5) is 0 Å². The monoisotopic (exact) mass is 438 g/mol. The Hall–Kier alpha value is -2.65. The van der Waals surface area contributed by atoms with Gasteiger partial charge in [-0.25, -0.2) is 0 Å². The summed E-state index contributed by atoms with van der Waals surface area (Å²) in [5.74, 6) is 1.58. The lowest BCUT2D eigenvalue weighted by molar-refractivity contribution is 0.0284. The number of carbonyl (C=O) groups excluding carboxylic acids is 1. The highest BCUT2D eigenvalue weighted by atomic mass is 16.1. The highest BCUT2D eigenvalue weighted by Gasteiger charge is 2.49. The molecule has 3 heteroatoms. The van der Waals surface area contributed by atoms with Crippen molar-refractivity contribution < 1.29 is 4.79 Å². The van der Waals surface area contributed by atoms with E-state index in [-0.39, 0.29) is 11.3 Å². The predicted molar refractivity (Wildman–Crippen MR) is 134 cm³/mol. The number of carbonyl (C=O) groups is 1. The summed E-state index contributed by atoms with van der Waals surface area (Å²) in [5.41, 5.74) is 4.95. The molecule has 170 valence electrons. The molecular weight excluding hydrogens is 404 g/mol. The van der Waals surface area contributed by atoms with Crippen molar-refractivity contribution in [2.75, 3.05) is 13.1 Å². The van der Waals surface area contributed by atoms with Gasteiger partial charge in [0.05, 0.1) is 0 Å². The predicted octanol–water partition coefficient (Wildman–Crippen LogP) is 5.70. The Balaban J connectivity index is 1.20. The maximum atomic E-state index is 13.1. The van der Waals surface area contributed by atoms with Crippen molar-refractivity contribution in [1.82, 2.24) is 10.2 Å². The van der Waals surface area contributed by atoms with E-state index in [4.69, 9.17) is 0 Å². The SMILES string of the molecule is C[C@H]1C2Cc3ccc(C(=O)NCc4ccc5ccccc5c4)cc3[C@@]1(C)CCN2CC1CC1. The third-order valence-electron chi connectivity index (χ3n) is 8.84. The summed E-state index contributed by atoms with van der Waals surface area (Å²) in [4.78, 5) is 15.9. The molecule has 0 spiro atoms. The number of nitrogens with one attached hydrogen (secondary N) is 1. The molecule has 6 rings (SSSR count). The van der Waals surface area contributed by atoms with Crippen LogP contribution in [0.5, 0.6) is 0 Å². The molecule has 0 aromatic heterocycles. The summed E-state index contributed by atoms with van der Waals surface area (Å²) in [6, 6.07) is 21.9. The Bertz CT molecular complexity index is 1210. The van der Waals surface area contributed by atoms with E-state index in [1.54, 1.807) is 0 Å². The standard InChI is InChI=1S/C30H34N2O/c1-20-28-17-25-11-12-26(16-27(25)30(20,2)13-14-32(28)19-21-7-8-21)29(33)31-18-22-9-10-23-5-3-4-6-24(23)15-22/h3-6,9-12,15-16,20-21,28H,7-8,13-14,17-19H2,1-2H3,(H,31,33)/t20-,28?,30-/m0/s1. The van der Waals surface area contributed by atoms with Crippen molar-refractivity contribution >= 4 is 16.7 Å². The normalized spacial score (nSPS) is 26.7. The van der Waals surface area contributed by atoms with Gasteiger partial charge in [-0.1, -0.05) is 56.3 Å². The van der Waals surface area contributed by atoms with Crippen molar-refractivity contribution in [3.8, 4) is 0 Å². The van der Waals surface area contributed by atoms with E-state index in [2.05, 4.69) is 78.7 Å². The zero-order chi connectivity index (χ0) is 22.6. The molecule has 1 unspecified atom stereocenters. The summed E-state index contributed by atoms with van der Waals surface area (Å²) < 4.78 is 0. The molecule has 3 atom stereocenters. The van der Waals surface area contributed by atoms with Crippen LogP contribution in [0.1, 0.15) is 60.2 Å². The van der Waals surface area contributed by atoms with Gasteiger partial charge in [-0.05, 0) is 95.1 Å². The van der Waals surface area contributed by atoms with Gasteiger partial charge in [-0.3, -0.25) is 9.69 Å². The first-order chi connectivity index (χ1) is 16.0. The summed E-state index contributed by atoms with van der Waals surface area (Å²) in [5, 5.41) is 5.59. The number of amides is 1. The first-order valence-electron chi connectivity index (χ1n) is 12.6. The number of hydrogen-bond acceptors (Lipinski definition) is 2. The van der Waals surface area contributed by atoms with Crippen LogP contribution in [-0.2, 0) is 18.4 Å². The van der Waals surface area contributed by atoms with Crippen LogP contribution in [0.15, 0.2) is 60.7 Å². The number of nitrogens with zero attached hydrogens (tertiary/aromatic N) is 1. The number of fused-ring (bicyclic) bond motifs is 5. The molecule has 3 aromatic carbocycles. The van der Waals surface area contributed by atoms with E-state index >= 15 is 0 Å². The van der Waals surface area contributed by atoms with Crippen molar-refractivity contribution in [2.45, 2.75) is 57.5 Å². The van der Waals surface area contributed by atoms with Gasteiger partial charge in [0, 0.05) is 24.7 Å². The van der Waals surface area contributed by atoms with Crippen LogP contribution in [0, 0.1) is 11.8 Å². The van der Waals surface area contributed by atoms with Gasteiger partial charge < -0.3 is 5.32 Å². The van der Waals surface area contributed by atoms with Crippen molar-refractivity contribution in [3.05, 3.63) is 82.9 Å². The molecule has 3 nitrogen and oxygen atoms in total. The highest BCUT2D eigenvalue weighted by molar-refractivity contribution is 5.94. The Morgan fingerprint density at radius 1 is 1.06 bits per heavy atom. The number of piperidine rings is 1. The average Bonchev–Trinajstić information content (AvgIpc) is 3.65. The van der Waals surface area contributed by atoms with Crippen LogP contribution < -0.4 is 5.32 Å². The van der Waals surface area contributed by atoms with E-state index in [9.17, 15) is 4.79 Å². The van der Waals surface area contributed by atoms with Crippen LogP contribution in [0.3, 0.4) is 0 Å². The number of rotatable bonds is 5. The second-order valence-corrected chi connectivity index (χ2v) is 10.9. The molecule has 1 saturated carbocycles. The van der Waals surface area contributed by atoms with E-state index < -0.39 is 0 Å². The largest absolute Gasteiger partial charge is 0.348 e. The molecule has 2 fully saturated rings. The quantitative estimate of drug-likeness (QED) is 0.554. The molecule has 33 heavy (non-hydrogen) atoms. The first-order valence-corrected chi connectivity index (χ1v) is 12.6. The van der Waals surface area contributed by atoms with Gasteiger partial charge in [-0.15, -0.1) is 0 Å². The smallest absolute Gasteiger partial charge is 0.251 e. The van der Waals surface area contributed by atoms with Crippen LogP contribution in [0.2, 0.25) is 0 Å². The fourth-order valence-electron chi connectivity index (χ4n) is 6.34. The molecule has 0 radical (unpaired) electrons. The highest BCUT2D eigenvalue weighted by Crippen LogP contribution is 2.49. The summed E-state index contributed by atoms with van der Waals surface area (Å²) >= 11 is 0. The number of likely N-dealkylation sites (tertiary alicyclic amines) is 1. The van der Waals surface area contributed by atoms with E-state index in [1.807, 2.05) is 6.07 Å². The molecule has 1 aliphatic heterocycles. The zero-order valence-electron chi connectivity index (χ0n) is 19.8. The van der Waals surface area contributed by atoms with Gasteiger partial charge >= 0.3 is 0 Å². The zero-order valence-corrected chi connectivity index (χ0v) is 19.8. The van der Waals surface area contributed by atoms with Gasteiger partial charge in [0.2, 0.25) is 0 Å². The second kappa shape index (κ2) is 7.99. The van der Waals surface area contributed by atoms with Crippen LogP contribution in [0.25, 0.3) is 10.8 Å². The molecule has 1 heterocycles. The minimum Gasteiger partial charge on any atom is -0.348 e. The van der Waals surface area contributed by atoms with E-state index in [0.29, 0.717) is 18.5 Å². The molecule has 1 saturated heterocycles.